The van der Waals surface area contributed by atoms with E-state index in [1.807, 2.05) is 30.3 Å². The number of hydrogen-bond donors (Lipinski definition) is 0. The quantitative estimate of drug-likeness (QED) is 0.281. The lowest BCUT2D eigenvalue weighted by Gasteiger charge is -2.73. The first kappa shape index (κ1) is 27.6. The first-order valence-electron chi connectivity index (χ1n) is 16.2. The molecule has 1 aromatic carbocycles. The third-order valence-electron chi connectivity index (χ3n) is 14.7. The Morgan fingerprint density at radius 3 is 2.26 bits per heavy atom. The van der Waals surface area contributed by atoms with E-state index in [4.69, 9.17) is 4.74 Å². The molecule has 2 heteroatoms. The number of rotatable bonds is 2. The number of carbonyl (C=O) groups is 1. The van der Waals surface area contributed by atoms with Gasteiger partial charge >= 0.3 is 5.97 Å². The first-order valence-corrected chi connectivity index (χ1v) is 16.2. The molecule has 5 aliphatic carbocycles. The van der Waals surface area contributed by atoms with Crippen LogP contribution in [-0.4, -0.2) is 12.1 Å². The van der Waals surface area contributed by atoms with Gasteiger partial charge in [0.15, 0.2) is 0 Å². The van der Waals surface area contributed by atoms with Gasteiger partial charge in [-0.05, 0) is 128 Å². The molecular weight excluding hydrogens is 476 g/mol. The Labute approximate surface area is 238 Å². The van der Waals surface area contributed by atoms with E-state index < -0.39 is 0 Å². The molecule has 10 atom stereocenters. The first-order chi connectivity index (χ1) is 18.3. The van der Waals surface area contributed by atoms with E-state index >= 15 is 0 Å². The summed E-state index contributed by atoms with van der Waals surface area (Å²) in [6.07, 6.45) is 14.2. The Hall–Kier alpha value is -1.57. The van der Waals surface area contributed by atoms with Crippen LogP contribution in [0, 0.1) is 56.7 Å². The van der Waals surface area contributed by atoms with E-state index in [2.05, 4.69) is 61.5 Å². The Bertz CT molecular complexity index is 1150. The number of benzene rings is 1. The van der Waals surface area contributed by atoms with Gasteiger partial charge in [-0.15, -0.1) is 0 Å². The minimum atomic E-state index is -0.151. The summed E-state index contributed by atoms with van der Waals surface area (Å²) in [5.74, 6) is 3.59. The van der Waals surface area contributed by atoms with Crippen LogP contribution in [0.25, 0.3) is 0 Å². The molecule has 4 saturated carbocycles. The molecule has 6 rings (SSSR count). The standard InChI is InChI=1S/C37H54O2/c1-24-16-19-34(5)22-23-36(7)27(31(34)25(24)2)14-15-29-35(6)20-18-30(39-32(38)26-12-10-9-11-13-26)33(3,4)28(35)17-21-37(29,36)8/h9-13,16,25,27-31H,14-15,17-23H2,1-8H3/t25-,27-,28+,29-,30+,31-,34-,35-,36-,37+/m1/s1. The van der Waals surface area contributed by atoms with Gasteiger partial charge < -0.3 is 4.74 Å². The lowest BCUT2D eigenvalue weighted by molar-refractivity contribution is -0.250. The second kappa shape index (κ2) is 8.96. The molecule has 2 nitrogen and oxygen atoms in total. The lowest BCUT2D eigenvalue weighted by Crippen LogP contribution is -2.67. The molecule has 0 bridgehead atoms. The zero-order valence-corrected chi connectivity index (χ0v) is 26.1. The van der Waals surface area contributed by atoms with Gasteiger partial charge in [0, 0.05) is 5.41 Å². The Balaban J connectivity index is 1.28. The summed E-state index contributed by atoms with van der Waals surface area (Å²) in [4.78, 5) is 13.1. The van der Waals surface area contributed by atoms with E-state index in [0.717, 1.165) is 24.2 Å². The van der Waals surface area contributed by atoms with Crippen LogP contribution in [0.1, 0.15) is 124 Å². The molecule has 214 valence electrons. The minimum Gasteiger partial charge on any atom is -0.458 e. The van der Waals surface area contributed by atoms with Crippen LogP contribution in [-0.2, 0) is 4.74 Å². The molecular formula is C37H54O2. The Kier molecular flexibility index (Phi) is 6.34. The fraction of sp³-hybridized carbons (Fsp3) is 0.757. The summed E-state index contributed by atoms with van der Waals surface area (Å²) in [6.45, 7) is 20.5. The van der Waals surface area contributed by atoms with Crippen molar-refractivity contribution in [1.82, 2.24) is 0 Å². The van der Waals surface area contributed by atoms with Gasteiger partial charge in [0.1, 0.15) is 6.10 Å². The van der Waals surface area contributed by atoms with Crippen LogP contribution in [0.3, 0.4) is 0 Å². The van der Waals surface area contributed by atoms with Gasteiger partial charge in [-0.1, -0.05) is 78.3 Å². The molecule has 39 heavy (non-hydrogen) atoms. The summed E-state index contributed by atoms with van der Waals surface area (Å²) in [7, 11) is 0. The molecule has 0 saturated heterocycles. The zero-order valence-electron chi connectivity index (χ0n) is 26.1. The van der Waals surface area contributed by atoms with Gasteiger partial charge in [-0.2, -0.15) is 0 Å². The van der Waals surface area contributed by atoms with E-state index in [9.17, 15) is 4.79 Å². The molecule has 0 aliphatic heterocycles. The van der Waals surface area contributed by atoms with Crippen molar-refractivity contribution in [3.8, 4) is 0 Å². The Morgan fingerprint density at radius 1 is 0.821 bits per heavy atom. The molecule has 0 radical (unpaired) electrons. The molecule has 0 heterocycles. The van der Waals surface area contributed by atoms with Crippen LogP contribution in [0.5, 0.6) is 0 Å². The molecule has 0 aromatic heterocycles. The molecule has 0 spiro atoms. The van der Waals surface area contributed by atoms with Crippen LogP contribution < -0.4 is 0 Å². The maximum absolute atomic E-state index is 13.1. The summed E-state index contributed by atoms with van der Waals surface area (Å²) in [6, 6.07) is 9.58. The van der Waals surface area contributed by atoms with E-state index in [-0.39, 0.29) is 17.5 Å². The summed E-state index contributed by atoms with van der Waals surface area (Å²) >= 11 is 0. The predicted octanol–water partition coefficient (Wildman–Crippen LogP) is 9.89. The zero-order chi connectivity index (χ0) is 28.0. The summed E-state index contributed by atoms with van der Waals surface area (Å²) in [5.41, 5.74) is 3.92. The monoisotopic (exact) mass is 530 g/mol. The maximum Gasteiger partial charge on any atom is 0.338 e. The van der Waals surface area contributed by atoms with Crippen molar-refractivity contribution in [2.75, 3.05) is 0 Å². The van der Waals surface area contributed by atoms with Crippen molar-refractivity contribution in [3.05, 3.63) is 47.5 Å². The van der Waals surface area contributed by atoms with Crippen molar-refractivity contribution in [2.45, 2.75) is 119 Å². The fourth-order valence-electron chi connectivity index (χ4n) is 12.2. The molecule has 4 fully saturated rings. The van der Waals surface area contributed by atoms with Crippen LogP contribution in [0.2, 0.25) is 0 Å². The highest BCUT2D eigenvalue weighted by atomic mass is 16.5. The third kappa shape index (κ3) is 3.74. The largest absolute Gasteiger partial charge is 0.458 e. The topological polar surface area (TPSA) is 26.3 Å². The number of esters is 1. The van der Waals surface area contributed by atoms with Crippen molar-refractivity contribution in [3.63, 3.8) is 0 Å². The van der Waals surface area contributed by atoms with Crippen LogP contribution in [0.15, 0.2) is 42.0 Å². The molecule has 0 N–H and O–H groups in total. The van der Waals surface area contributed by atoms with Gasteiger partial charge in [0.2, 0.25) is 0 Å². The van der Waals surface area contributed by atoms with Crippen LogP contribution >= 0.6 is 0 Å². The third-order valence-corrected chi connectivity index (χ3v) is 14.7. The molecule has 1 aromatic rings. The highest BCUT2D eigenvalue weighted by molar-refractivity contribution is 5.89. The molecule has 0 amide bonds. The van der Waals surface area contributed by atoms with Crippen LogP contribution in [0.4, 0.5) is 0 Å². The SMILES string of the molecule is CC1=CC[C@]2(C)CC[C@]3(C)[C@H](CC[C@@H]4[C@]5(C)CC[C@H](OC(=O)c6ccccc6)C(C)(C)[C@@H]5CC[C@@]43C)[C@H]2[C@@H]1C. The average molecular weight is 531 g/mol. The average Bonchev–Trinajstić information content (AvgIpc) is 2.89. The summed E-state index contributed by atoms with van der Waals surface area (Å²) in [5, 5.41) is 0. The van der Waals surface area contributed by atoms with E-state index in [0.29, 0.717) is 39.1 Å². The highest BCUT2D eigenvalue weighted by Gasteiger charge is 2.69. The second-order valence-corrected chi connectivity index (χ2v) is 16.4. The number of fused-ring (bicyclic) bond motifs is 7. The van der Waals surface area contributed by atoms with E-state index in [1.54, 1.807) is 5.57 Å². The highest BCUT2D eigenvalue weighted by Crippen LogP contribution is 2.76. The van der Waals surface area contributed by atoms with Gasteiger partial charge in [0.05, 0.1) is 5.56 Å². The number of hydrogen-bond acceptors (Lipinski definition) is 2. The van der Waals surface area contributed by atoms with Gasteiger partial charge in [-0.25, -0.2) is 4.79 Å². The minimum absolute atomic E-state index is 0.00666. The lowest BCUT2D eigenvalue weighted by atomic mass is 9.31. The smallest absolute Gasteiger partial charge is 0.338 e. The fourth-order valence-corrected chi connectivity index (χ4v) is 12.2. The van der Waals surface area contributed by atoms with Crippen molar-refractivity contribution in [1.29, 1.82) is 0 Å². The molecule has 5 aliphatic rings. The Morgan fingerprint density at radius 2 is 1.54 bits per heavy atom. The maximum atomic E-state index is 13.1. The normalized spacial score (nSPS) is 48.5. The summed E-state index contributed by atoms with van der Waals surface area (Å²) < 4.78 is 6.30. The van der Waals surface area contributed by atoms with Crippen molar-refractivity contribution < 1.29 is 9.53 Å². The number of carbonyl (C=O) groups excluding carboxylic acids is 1. The van der Waals surface area contributed by atoms with Crippen molar-refractivity contribution >= 4 is 5.97 Å². The van der Waals surface area contributed by atoms with Gasteiger partial charge in [-0.3, -0.25) is 0 Å². The second-order valence-electron chi connectivity index (χ2n) is 16.4. The number of ether oxygens (including phenoxy) is 1. The molecule has 0 unspecified atom stereocenters. The van der Waals surface area contributed by atoms with Gasteiger partial charge in [0.25, 0.3) is 0 Å². The predicted molar refractivity (Wildman–Crippen MR) is 160 cm³/mol. The van der Waals surface area contributed by atoms with E-state index in [1.165, 1.54) is 51.4 Å². The number of allylic oxidation sites excluding steroid dienone is 2. The van der Waals surface area contributed by atoms with Crippen molar-refractivity contribution in [2.24, 2.45) is 56.7 Å².